The van der Waals surface area contributed by atoms with E-state index in [1.54, 1.807) is 35.2 Å². The monoisotopic (exact) mass is 964 g/mol. The van der Waals surface area contributed by atoms with Gasteiger partial charge in [-0.15, -0.1) is 0 Å². The molecule has 4 aromatic rings. The number of nitrogens with one attached hydrogen (secondary N) is 4. The van der Waals surface area contributed by atoms with Crippen molar-refractivity contribution in [1.29, 1.82) is 0 Å². The van der Waals surface area contributed by atoms with E-state index in [1.165, 1.54) is 30.2 Å². The van der Waals surface area contributed by atoms with Gasteiger partial charge in [0, 0.05) is 83.8 Å². The summed E-state index contributed by atoms with van der Waals surface area (Å²) in [5, 5.41) is 13.0. The van der Waals surface area contributed by atoms with Crippen LogP contribution in [0, 0.1) is 34.8 Å². The molecule has 4 aromatic carbocycles. The van der Waals surface area contributed by atoms with Crippen LogP contribution in [0.4, 0.5) is 20.2 Å². The number of hydrogen-bond acceptors (Lipinski definition) is 8. The van der Waals surface area contributed by atoms with Crippen molar-refractivity contribution in [3.05, 3.63) is 122 Å². The zero-order chi connectivity index (χ0) is 48.2. The van der Waals surface area contributed by atoms with Crippen molar-refractivity contribution >= 4 is 64.1 Å². The van der Waals surface area contributed by atoms with Crippen LogP contribution >= 0.6 is 23.2 Å². The molecule has 68 heavy (non-hydrogen) atoms. The van der Waals surface area contributed by atoms with E-state index >= 15 is 8.78 Å². The van der Waals surface area contributed by atoms with Gasteiger partial charge in [0.15, 0.2) is 0 Å². The van der Waals surface area contributed by atoms with Crippen molar-refractivity contribution in [2.24, 2.45) is 11.3 Å². The van der Waals surface area contributed by atoms with Crippen LogP contribution in [0.5, 0.6) is 5.75 Å². The van der Waals surface area contributed by atoms with Crippen LogP contribution < -0.4 is 26.0 Å². The number of anilines is 2. The Labute approximate surface area is 403 Å². The molecule has 9 rings (SSSR count). The van der Waals surface area contributed by atoms with E-state index in [9.17, 15) is 24.0 Å². The highest BCUT2D eigenvalue weighted by Crippen LogP contribution is 2.57. The number of halogens is 4. The highest BCUT2D eigenvalue weighted by molar-refractivity contribution is 6.31. The van der Waals surface area contributed by atoms with Crippen molar-refractivity contribution in [1.82, 2.24) is 20.4 Å². The summed E-state index contributed by atoms with van der Waals surface area (Å²) >= 11 is 12.9. The summed E-state index contributed by atoms with van der Waals surface area (Å²) in [6, 6.07) is 16.0. The van der Waals surface area contributed by atoms with Gasteiger partial charge in [0.25, 0.3) is 11.8 Å². The highest BCUT2D eigenvalue weighted by Gasteiger charge is 2.61. The molecular formula is C52H52Cl2F2N6O6. The molecule has 6 atom stereocenters. The van der Waals surface area contributed by atoms with Crippen LogP contribution in [-0.2, 0) is 26.3 Å². The van der Waals surface area contributed by atoms with E-state index in [4.69, 9.17) is 27.9 Å². The third-order valence-electron chi connectivity index (χ3n) is 14.1. The molecule has 5 aliphatic rings. The molecule has 1 unspecified atom stereocenters. The maximum atomic E-state index is 16.3. The number of nitrogens with zero attached hydrogens (tertiary/aromatic N) is 2. The highest BCUT2D eigenvalue weighted by atomic mass is 35.5. The Kier molecular flexibility index (Phi) is 12.8. The molecule has 5 aliphatic heterocycles. The van der Waals surface area contributed by atoms with Gasteiger partial charge in [-0.3, -0.25) is 29.3 Å². The molecule has 3 saturated heterocycles. The Hall–Kier alpha value is -6.01. The minimum absolute atomic E-state index is 0.00223. The smallest absolute Gasteiger partial charge is 0.255 e. The molecule has 3 fully saturated rings. The first kappa shape index (κ1) is 47.1. The summed E-state index contributed by atoms with van der Waals surface area (Å²) in [6.07, 6.45) is 2.85. The predicted octanol–water partition coefficient (Wildman–Crippen LogP) is 8.20. The molecular weight excluding hydrogens is 914 g/mol. The summed E-state index contributed by atoms with van der Waals surface area (Å²) in [5.41, 5.74) is 2.59. The van der Waals surface area contributed by atoms with Gasteiger partial charge in [-0.05, 0) is 96.7 Å². The Morgan fingerprint density at radius 3 is 2.59 bits per heavy atom. The van der Waals surface area contributed by atoms with E-state index < -0.39 is 58.7 Å². The normalized spacial score (nSPS) is 24.2. The summed E-state index contributed by atoms with van der Waals surface area (Å²) in [7, 11) is 1.46. The number of methoxy groups -OCH3 is 1. The Morgan fingerprint density at radius 2 is 1.82 bits per heavy atom. The van der Waals surface area contributed by atoms with Crippen LogP contribution in [0.3, 0.4) is 0 Å². The molecule has 16 heteroatoms. The number of carbonyl (C=O) groups is 5. The van der Waals surface area contributed by atoms with Crippen molar-refractivity contribution < 1.29 is 37.5 Å². The van der Waals surface area contributed by atoms with E-state index in [0.29, 0.717) is 59.9 Å². The second-order valence-electron chi connectivity index (χ2n) is 19.7. The molecule has 0 aliphatic carbocycles. The number of fused-ring (bicyclic) bond motifs is 3. The first-order valence-electron chi connectivity index (χ1n) is 22.9. The van der Waals surface area contributed by atoms with Crippen LogP contribution in [0.1, 0.15) is 108 Å². The lowest BCUT2D eigenvalue weighted by Gasteiger charge is -2.39. The summed E-state index contributed by atoms with van der Waals surface area (Å²) in [4.78, 5) is 69.6. The molecule has 4 N–H and O–H groups in total. The zero-order valence-electron chi connectivity index (χ0n) is 38.2. The maximum Gasteiger partial charge on any atom is 0.255 e. The van der Waals surface area contributed by atoms with Gasteiger partial charge in [0.05, 0.1) is 29.4 Å². The second kappa shape index (κ2) is 18.5. The Balaban J connectivity index is 0.918. The van der Waals surface area contributed by atoms with Gasteiger partial charge in [-0.2, -0.15) is 0 Å². The molecule has 5 amide bonds. The predicted molar refractivity (Wildman–Crippen MR) is 255 cm³/mol. The summed E-state index contributed by atoms with van der Waals surface area (Å²) in [6.45, 7) is 7.74. The summed E-state index contributed by atoms with van der Waals surface area (Å²) < 4.78 is 37.4. The van der Waals surface area contributed by atoms with E-state index in [2.05, 4.69) is 53.9 Å². The Bertz CT molecular complexity index is 2820. The number of rotatable bonds is 8. The van der Waals surface area contributed by atoms with E-state index in [0.717, 1.165) is 24.1 Å². The van der Waals surface area contributed by atoms with Crippen molar-refractivity contribution in [2.75, 3.05) is 37.4 Å². The van der Waals surface area contributed by atoms with Gasteiger partial charge >= 0.3 is 0 Å². The van der Waals surface area contributed by atoms with E-state index in [-0.39, 0.29) is 64.6 Å². The maximum absolute atomic E-state index is 16.3. The van der Waals surface area contributed by atoms with Gasteiger partial charge < -0.3 is 30.5 Å². The number of benzene rings is 4. The van der Waals surface area contributed by atoms with Crippen molar-refractivity contribution in [3.8, 4) is 17.6 Å². The quantitative estimate of drug-likeness (QED) is 0.102. The third kappa shape index (κ3) is 8.69. The minimum atomic E-state index is -0.924. The standard InChI is InChI=1S/C52H52Cl2F2N6O6/c1-51(2,3)24-42-52(27-57-39-23-30(53)14-16-35(39)52)44(33-11-6-12-36(54)45(33)56)46(59-42)48(65)58-38-18-13-29(22-41(38)68-4)49(66)61-21-7-9-28(25-61)8-5-10-31-34-26-62(40-19-20-43(63)60-47(40)64)50(67)32(34)15-17-37(31)55/h6,11-18,22-23,28,40,42,44,46,57,59H,7-9,19-21,24-27H2,1-4H3,(H,58,65)(H,60,63,64)/t28-,40?,42+,44+,46-,52+/m1/s1. The lowest BCUT2D eigenvalue weighted by atomic mass is 9.63. The van der Waals surface area contributed by atoms with Crippen molar-refractivity contribution in [2.45, 2.75) is 95.3 Å². The van der Waals surface area contributed by atoms with Crippen molar-refractivity contribution in [3.63, 3.8) is 0 Å². The number of piperidine rings is 2. The molecule has 0 bridgehead atoms. The molecule has 1 spiro atoms. The first-order valence-corrected chi connectivity index (χ1v) is 23.7. The first-order chi connectivity index (χ1) is 32.5. The SMILES string of the molecule is COc1cc(C(=O)N2CCC[C@@H](CC#Cc3c(F)ccc4c3CN(C3CCC(=O)NC3=O)C4=O)C2)ccc1NC(=O)[C@@H]1N[C@@H](CC(C)(C)C)[C@@]2(CNc3cc(Cl)ccc32)[C@H]1c1cccc(Cl)c1F. The van der Waals surface area contributed by atoms with Crippen LogP contribution in [0.25, 0.3) is 0 Å². The van der Waals surface area contributed by atoms with E-state index in [1.807, 2.05) is 18.2 Å². The van der Waals surface area contributed by atoms with Crippen LogP contribution in [-0.4, -0.2) is 84.2 Å². The minimum Gasteiger partial charge on any atom is -0.495 e. The number of amides is 5. The number of likely N-dealkylation sites (tertiary alicyclic amines) is 1. The van der Waals surface area contributed by atoms with Gasteiger partial charge in [-0.1, -0.05) is 74.0 Å². The molecule has 5 heterocycles. The van der Waals surface area contributed by atoms with Crippen LogP contribution in [0.15, 0.2) is 66.7 Å². The molecule has 354 valence electrons. The topological polar surface area (TPSA) is 149 Å². The Morgan fingerprint density at radius 1 is 1.01 bits per heavy atom. The second-order valence-corrected chi connectivity index (χ2v) is 20.5. The van der Waals surface area contributed by atoms with Gasteiger partial charge in [-0.25, -0.2) is 8.78 Å². The molecule has 0 saturated carbocycles. The zero-order valence-corrected chi connectivity index (χ0v) is 39.7. The molecule has 0 aromatic heterocycles. The fourth-order valence-corrected chi connectivity index (χ4v) is 11.4. The largest absolute Gasteiger partial charge is 0.495 e. The number of imide groups is 1. The third-order valence-corrected chi connectivity index (χ3v) is 14.7. The average Bonchev–Trinajstić information content (AvgIpc) is 3.95. The lowest BCUT2D eigenvalue weighted by Crippen LogP contribution is -2.52. The molecule has 0 radical (unpaired) electrons. The molecule has 12 nitrogen and oxygen atoms in total. The fraction of sp³-hybridized carbons (Fsp3) is 0.404. The van der Waals surface area contributed by atoms with Gasteiger partial charge in [0.2, 0.25) is 17.7 Å². The lowest BCUT2D eigenvalue weighted by molar-refractivity contribution is -0.137. The number of ether oxygens (including phenoxy) is 1. The number of carbonyl (C=O) groups excluding carboxylic acids is 5. The summed E-state index contributed by atoms with van der Waals surface area (Å²) in [5.74, 6) is 2.45. The number of hydrogen-bond donors (Lipinski definition) is 4. The van der Waals surface area contributed by atoms with Gasteiger partial charge in [0.1, 0.15) is 23.4 Å². The van der Waals surface area contributed by atoms with Crippen LogP contribution in [0.2, 0.25) is 10.0 Å². The average molecular weight is 966 g/mol. The fourth-order valence-electron chi connectivity index (χ4n) is 11.0.